The maximum atomic E-state index is 12.6. The van der Waals surface area contributed by atoms with Gasteiger partial charge in [0.15, 0.2) is 4.77 Å². The molecule has 3 rings (SSSR count). The van der Waals surface area contributed by atoms with E-state index >= 15 is 0 Å². The molecule has 0 atom stereocenters. The highest BCUT2D eigenvalue weighted by molar-refractivity contribution is 7.71. The average Bonchev–Trinajstić information content (AvgIpc) is 2.41. The minimum Gasteiger partial charge on any atom is -0.508 e. The molecule has 3 aromatic rings. The summed E-state index contributed by atoms with van der Waals surface area (Å²) in [4.78, 5) is 15.7. The molecule has 0 radical (unpaired) electrons. The predicted molar refractivity (Wildman–Crippen MR) is 81.1 cm³/mol. The summed E-state index contributed by atoms with van der Waals surface area (Å²) in [5, 5.41) is 10.1. The van der Waals surface area contributed by atoms with Crippen molar-refractivity contribution in [1.82, 2.24) is 9.55 Å². The molecule has 0 aliphatic carbocycles. The fourth-order valence-corrected chi connectivity index (χ4v) is 2.56. The van der Waals surface area contributed by atoms with Crippen LogP contribution < -0.4 is 5.56 Å². The topological polar surface area (TPSA) is 58.0 Å². The van der Waals surface area contributed by atoms with E-state index in [-0.39, 0.29) is 11.3 Å². The Bertz CT molecular complexity index is 925. The summed E-state index contributed by atoms with van der Waals surface area (Å²) in [6.07, 6.45) is 0. The Kier molecular flexibility index (Phi) is 2.91. The summed E-state index contributed by atoms with van der Waals surface area (Å²) in [6.45, 7) is 1.82. The zero-order valence-electron chi connectivity index (χ0n) is 10.8. The summed E-state index contributed by atoms with van der Waals surface area (Å²) < 4.78 is 1.79. The first-order valence-electron chi connectivity index (χ1n) is 6.12. The van der Waals surface area contributed by atoms with E-state index in [9.17, 15) is 9.90 Å². The van der Waals surface area contributed by atoms with Crippen molar-refractivity contribution in [2.24, 2.45) is 0 Å². The summed E-state index contributed by atoms with van der Waals surface area (Å²) >= 11 is 5.29. The van der Waals surface area contributed by atoms with Crippen LogP contribution in [0.4, 0.5) is 0 Å². The smallest absolute Gasteiger partial charge is 0.266 e. The second kappa shape index (κ2) is 4.61. The largest absolute Gasteiger partial charge is 0.508 e. The van der Waals surface area contributed by atoms with E-state index in [1.54, 1.807) is 24.3 Å². The SMILES string of the molecule is Cc1cc(O)ccc1-n1c(=S)[nH]c2ccccc2c1=O. The first-order chi connectivity index (χ1) is 9.58. The van der Waals surface area contributed by atoms with Crippen LogP contribution in [-0.2, 0) is 0 Å². The number of benzene rings is 2. The van der Waals surface area contributed by atoms with Gasteiger partial charge >= 0.3 is 0 Å². The van der Waals surface area contributed by atoms with Gasteiger partial charge < -0.3 is 10.1 Å². The quantitative estimate of drug-likeness (QED) is 0.675. The number of fused-ring (bicyclic) bond motifs is 1. The van der Waals surface area contributed by atoms with Gasteiger partial charge in [-0.1, -0.05) is 12.1 Å². The fourth-order valence-electron chi connectivity index (χ4n) is 2.27. The second-order valence-electron chi connectivity index (χ2n) is 4.59. The molecule has 0 fully saturated rings. The normalized spacial score (nSPS) is 10.8. The van der Waals surface area contributed by atoms with Gasteiger partial charge in [-0.25, -0.2) is 0 Å². The molecule has 1 aromatic heterocycles. The van der Waals surface area contributed by atoms with Gasteiger partial charge in [-0.15, -0.1) is 0 Å². The molecular weight excluding hydrogens is 272 g/mol. The van der Waals surface area contributed by atoms with Crippen LogP contribution >= 0.6 is 12.2 Å². The lowest BCUT2D eigenvalue weighted by atomic mass is 10.2. The molecule has 2 aromatic carbocycles. The Labute approximate surface area is 119 Å². The molecule has 20 heavy (non-hydrogen) atoms. The number of aromatic amines is 1. The van der Waals surface area contributed by atoms with Crippen molar-refractivity contribution in [2.75, 3.05) is 0 Å². The third-order valence-electron chi connectivity index (χ3n) is 3.23. The highest BCUT2D eigenvalue weighted by Crippen LogP contribution is 2.19. The van der Waals surface area contributed by atoms with E-state index in [4.69, 9.17) is 12.2 Å². The maximum absolute atomic E-state index is 12.6. The molecular formula is C15H12N2O2S. The number of rotatable bonds is 1. The molecule has 2 N–H and O–H groups in total. The van der Waals surface area contributed by atoms with Crippen LogP contribution in [-0.4, -0.2) is 14.7 Å². The number of para-hydroxylation sites is 1. The molecule has 1 heterocycles. The number of aryl methyl sites for hydroxylation is 1. The van der Waals surface area contributed by atoms with Crippen molar-refractivity contribution >= 4 is 23.1 Å². The average molecular weight is 284 g/mol. The van der Waals surface area contributed by atoms with Crippen LogP contribution in [0.25, 0.3) is 16.6 Å². The molecule has 5 heteroatoms. The number of nitrogens with one attached hydrogen (secondary N) is 1. The number of hydrogen-bond acceptors (Lipinski definition) is 3. The fraction of sp³-hybridized carbons (Fsp3) is 0.0667. The van der Waals surface area contributed by atoms with Gasteiger partial charge in [0.1, 0.15) is 5.75 Å². The minimum absolute atomic E-state index is 0.162. The highest BCUT2D eigenvalue weighted by atomic mass is 32.1. The Morgan fingerprint density at radius 3 is 2.70 bits per heavy atom. The molecule has 0 bridgehead atoms. The third-order valence-corrected chi connectivity index (χ3v) is 3.51. The van der Waals surface area contributed by atoms with Gasteiger partial charge in [0, 0.05) is 0 Å². The van der Waals surface area contributed by atoms with Crippen LogP contribution in [0.3, 0.4) is 0 Å². The van der Waals surface area contributed by atoms with Crippen LogP contribution in [0.5, 0.6) is 5.75 Å². The van der Waals surface area contributed by atoms with Gasteiger partial charge in [0.05, 0.1) is 16.6 Å². The number of nitrogens with zero attached hydrogens (tertiary/aromatic N) is 1. The molecule has 0 unspecified atom stereocenters. The number of hydrogen-bond donors (Lipinski definition) is 2. The Balaban J connectivity index is 2.43. The highest BCUT2D eigenvalue weighted by Gasteiger charge is 2.09. The van der Waals surface area contributed by atoms with Gasteiger partial charge in [0.25, 0.3) is 5.56 Å². The van der Waals surface area contributed by atoms with Crippen molar-refractivity contribution in [3.8, 4) is 11.4 Å². The van der Waals surface area contributed by atoms with Crippen LogP contribution in [0.1, 0.15) is 5.56 Å². The zero-order chi connectivity index (χ0) is 14.3. The van der Waals surface area contributed by atoms with Crippen LogP contribution in [0.2, 0.25) is 0 Å². The summed E-state index contributed by atoms with van der Waals surface area (Å²) in [5.41, 5.74) is 2.00. The standard InChI is InChI=1S/C15H12N2O2S/c1-9-8-10(18)6-7-13(9)17-14(19)11-4-2-3-5-12(11)16-15(17)20/h2-8,18H,1H3,(H,16,20). The lowest BCUT2D eigenvalue weighted by Gasteiger charge is -2.11. The number of aromatic hydroxyl groups is 1. The summed E-state index contributed by atoms with van der Waals surface area (Å²) in [6, 6.07) is 12.1. The lowest BCUT2D eigenvalue weighted by molar-refractivity contribution is 0.474. The van der Waals surface area contributed by atoms with Gasteiger partial charge in [-0.3, -0.25) is 9.36 Å². The van der Waals surface area contributed by atoms with Crippen molar-refractivity contribution in [3.63, 3.8) is 0 Å². The van der Waals surface area contributed by atoms with Gasteiger partial charge in [-0.05, 0) is 55.0 Å². The van der Waals surface area contributed by atoms with E-state index in [0.29, 0.717) is 15.8 Å². The molecule has 0 aliphatic heterocycles. The maximum Gasteiger partial charge on any atom is 0.266 e. The molecule has 0 spiro atoms. The van der Waals surface area contributed by atoms with Gasteiger partial charge in [-0.2, -0.15) is 0 Å². The number of phenols is 1. The Hall–Kier alpha value is -2.40. The number of aromatic nitrogens is 2. The first-order valence-corrected chi connectivity index (χ1v) is 6.53. The molecule has 0 aliphatic rings. The summed E-state index contributed by atoms with van der Waals surface area (Å²) in [5.74, 6) is 0.162. The lowest BCUT2D eigenvalue weighted by Crippen LogP contribution is -2.21. The first kappa shape index (κ1) is 12.6. The van der Waals surface area contributed by atoms with Crippen molar-refractivity contribution < 1.29 is 5.11 Å². The third kappa shape index (κ3) is 1.92. The number of H-pyrrole nitrogens is 1. The van der Waals surface area contributed by atoms with E-state index < -0.39 is 0 Å². The minimum atomic E-state index is -0.168. The van der Waals surface area contributed by atoms with Crippen molar-refractivity contribution in [3.05, 3.63) is 63.2 Å². The molecule has 0 saturated heterocycles. The van der Waals surface area contributed by atoms with Crippen molar-refractivity contribution in [1.29, 1.82) is 0 Å². The van der Waals surface area contributed by atoms with E-state index in [1.165, 1.54) is 4.57 Å². The zero-order valence-corrected chi connectivity index (χ0v) is 11.6. The van der Waals surface area contributed by atoms with Crippen LogP contribution in [0.15, 0.2) is 47.3 Å². The Morgan fingerprint density at radius 1 is 1.20 bits per heavy atom. The van der Waals surface area contributed by atoms with Crippen molar-refractivity contribution in [2.45, 2.75) is 6.92 Å². The summed E-state index contributed by atoms with van der Waals surface area (Å²) in [7, 11) is 0. The van der Waals surface area contributed by atoms with E-state index in [0.717, 1.165) is 11.1 Å². The molecule has 4 nitrogen and oxygen atoms in total. The predicted octanol–water partition coefficient (Wildman–Crippen LogP) is 3.06. The number of phenolic OH excluding ortho intramolecular Hbond substituents is 1. The van der Waals surface area contributed by atoms with Gasteiger partial charge in [0.2, 0.25) is 0 Å². The molecule has 0 saturated carbocycles. The van der Waals surface area contributed by atoms with E-state index in [1.807, 2.05) is 25.1 Å². The Morgan fingerprint density at radius 2 is 1.95 bits per heavy atom. The van der Waals surface area contributed by atoms with Crippen LogP contribution in [0, 0.1) is 11.7 Å². The monoisotopic (exact) mass is 284 g/mol. The molecule has 0 amide bonds. The second-order valence-corrected chi connectivity index (χ2v) is 4.97. The van der Waals surface area contributed by atoms with E-state index in [2.05, 4.69) is 4.98 Å². The molecule has 100 valence electrons.